The molecule has 1 aromatic rings. The molecule has 0 unspecified atom stereocenters. The molecule has 1 aliphatic carbocycles. The minimum atomic E-state index is -3.46. The molecular formula is C16H24N2O2S. The topological polar surface area (TPSA) is 49.4 Å². The second-order valence-corrected chi connectivity index (χ2v) is 7.35. The number of likely N-dealkylation sites (N-methyl/N-ethyl adjacent to an activating group) is 1. The number of benzene rings is 1. The van der Waals surface area contributed by atoms with Gasteiger partial charge < -0.3 is 5.32 Å². The first-order valence-electron chi connectivity index (χ1n) is 7.43. The summed E-state index contributed by atoms with van der Waals surface area (Å²) in [5.74, 6) is 0. The lowest BCUT2D eigenvalue weighted by Gasteiger charge is -2.21. The summed E-state index contributed by atoms with van der Waals surface area (Å²) in [5.41, 5.74) is 1.89. The monoisotopic (exact) mass is 308 g/mol. The van der Waals surface area contributed by atoms with Gasteiger partial charge in [0, 0.05) is 25.7 Å². The molecule has 4 nitrogen and oxygen atoms in total. The molecule has 0 heterocycles. The van der Waals surface area contributed by atoms with Gasteiger partial charge in [-0.05, 0) is 37.0 Å². The average molecular weight is 308 g/mol. The van der Waals surface area contributed by atoms with E-state index in [1.165, 1.54) is 17.1 Å². The first kappa shape index (κ1) is 16.2. The molecule has 0 atom stereocenters. The Bertz CT molecular complexity index is 607. The highest BCUT2D eigenvalue weighted by Crippen LogP contribution is 2.24. The average Bonchev–Trinajstić information content (AvgIpc) is 3.27. The Morgan fingerprint density at radius 3 is 2.71 bits per heavy atom. The number of nitrogens with zero attached hydrogens (tertiary/aromatic N) is 1. The molecule has 1 N–H and O–H groups in total. The Balaban J connectivity index is 2.28. The third-order valence-electron chi connectivity index (χ3n) is 3.86. The van der Waals surface area contributed by atoms with Crippen LogP contribution in [0.15, 0.2) is 35.7 Å². The van der Waals surface area contributed by atoms with Gasteiger partial charge in [-0.1, -0.05) is 25.1 Å². The minimum Gasteiger partial charge on any atom is -0.310 e. The van der Waals surface area contributed by atoms with Gasteiger partial charge in [0.25, 0.3) is 0 Å². The molecule has 0 saturated heterocycles. The van der Waals surface area contributed by atoms with Gasteiger partial charge in [-0.25, -0.2) is 8.42 Å². The first-order chi connectivity index (χ1) is 10.0. The molecule has 21 heavy (non-hydrogen) atoms. The van der Waals surface area contributed by atoms with E-state index in [1.54, 1.807) is 12.1 Å². The van der Waals surface area contributed by atoms with Gasteiger partial charge in [-0.3, -0.25) is 0 Å². The lowest BCUT2D eigenvalue weighted by molar-refractivity contribution is 0.459. The SMILES string of the molecule is C=CCN(CC)S(=O)(=O)c1cccc(CNC2CC2)c1C. The first-order valence-corrected chi connectivity index (χ1v) is 8.87. The largest absolute Gasteiger partial charge is 0.310 e. The maximum absolute atomic E-state index is 12.7. The van der Waals surface area contributed by atoms with Crippen molar-refractivity contribution < 1.29 is 8.42 Å². The summed E-state index contributed by atoms with van der Waals surface area (Å²) in [6, 6.07) is 6.12. The summed E-state index contributed by atoms with van der Waals surface area (Å²) >= 11 is 0. The van der Waals surface area contributed by atoms with Gasteiger partial charge in [-0.15, -0.1) is 6.58 Å². The smallest absolute Gasteiger partial charge is 0.243 e. The van der Waals surface area contributed by atoms with Crippen molar-refractivity contribution in [1.82, 2.24) is 9.62 Å². The van der Waals surface area contributed by atoms with Crippen molar-refractivity contribution in [3.8, 4) is 0 Å². The van der Waals surface area contributed by atoms with Crippen LogP contribution in [0.25, 0.3) is 0 Å². The maximum atomic E-state index is 12.7. The highest BCUT2D eigenvalue weighted by Gasteiger charge is 2.25. The van der Waals surface area contributed by atoms with Crippen molar-refractivity contribution in [3.63, 3.8) is 0 Å². The van der Waals surface area contributed by atoms with Crippen LogP contribution in [0.1, 0.15) is 30.9 Å². The molecule has 0 amide bonds. The summed E-state index contributed by atoms with van der Waals surface area (Å²) in [7, 11) is -3.46. The number of nitrogens with one attached hydrogen (secondary N) is 1. The minimum absolute atomic E-state index is 0.336. The van der Waals surface area contributed by atoms with E-state index in [0.717, 1.165) is 17.7 Å². The third-order valence-corrected chi connectivity index (χ3v) is 5.94. The van der Waals surface area contributed by atoms with Crippen LogP contribution in [0, 0.1) is 6.92 Å². The van der Waals surface area contributed by atoms with Crippen molar-refractivity contribution in [2.75, 3.05) is 13.1 Å². The lowest BCUT2D eigenvalue weighted by atomic mass is 10.1. The summed E-state index contributed by atoms with van der Waals surface area (Å²) in [6.07, 6.45) is 4.06. The van der Waals surface area contributed by atoms with E-state index in [4.69, 9.17) is 0 Å². The van der Waals surface area contributed by atoms with E-state index in [1.807, 2.05) is 26.0 Å². The third kappa shape index (κ3) is 3.73. The number of hydrogen-bond acceptors (Lipinski definition) is 3. The van der Waals surface area contributed by atoms with Crippen LogP contribution in [-0.2, 0) is 16.6 Å². The van der Waals surface area contributed by atoms with Crippen molar-refractivity contribution in [2.45, 2.75) is 44.2 Å². The number of hydrogen-bond donors (Lipinski definition) is 1. The number of rotatable bonds is 8. The van der Waals surface area contributed by atoms with Crippen molar-refractivity contribution in [2.24, 2.45) is 0 Å². The van der Waals surface area contributed by atoms with Crippen LogP contribution >= 0.6 is 0 Å². The predicted octanol–water partition coefficient (Wildman–Crippen LogP) is 2.44. The fraction of sp³-hybridized carbons (Fsp3) is 0.500. The summed E-state index contributed by atoms with van der Waals surface area (Å²) in [4.78, 5) is 0.404. The van der Waals surface area contributed by atoms with Gasteiger partial charge in [0.05, 0.1) is 4.90 Å². The Labute approximate surface area is 127 Å². The molecule has 0 spiro atoms. The Morgan fingerprint density at radius 1 is 1.43 bits per heavy atom. The fourth-order valence-corrected chi connectivity index (χ4v) is 4.04. The standard InChI is InChI=1S/C16H24N2O2S/c1-4-11-18(5-2)21(19,20)16-8-6-7-14(13(16)3)12-17-15-9-10-15/h4,6-8,15,17H,1,5,9-12H2,2-3H3. The van der Waals surface area contributed by atoms with E-state index in [0.29, 0.717) is 24.0 Å². The van der Waals surface area contributed by atoms with Crippen LogP contribution in [0.5, 0.6) is 0 Å². The zero-order chi connectivity index (χ0) is 15.5. The van der Waals surface area contributed by atoms with E-state index in [-0.39, 0.29) is 0 Å². The lowest BCUT2D eigenvalue weighted by Crippen LogP contribution is -2.31. The normalized spacial score (nSPS) is 15.4. The fourth-order valence-electron chi connectivity index (χ4n) is 2.35. The van der Waals surface area contributed by atoms with E-state index >= 15 is 0 Å². The number of sulfonamides is 1. The van der Waals surface area contributed by atoms with Crippen molar-refractivity contribution in [1.29, 1.82) is 0 Å². The summed E-state index contributed by atoms with van der Waals surface area (Å²) in [6.45, 7) is 8.87. The Morgan fingerprint density at radius 2 is 2.14 bits per heavy atom. The van der Waals surface area contributed by atoms with Gasteiger partial charge in [0.2, 0.25) is 10.0 Å². The van der Waals surface area contributed by atoms with Crippen molar-refractivity contribution in [3.05, 3.63) is 42.0 Å². The van der Waals surface area contributed by atoms with Gasteiger partial charge in [-0.2, -0.15) is 4.31 Å². The molecule has 1 aliphatic rings. The van der Waals surface area contributed by atoms with Crippen LogP contribution in [0.4, 0.5) is 0 Å². The highest BCUT2D eigenvalue weighted by atomic mass is 32.2. The van der Waals surface area contributed by atoms with E-state index in [9.17, 15) is 8.42 Å². The zero-order valence-corrected chi connectivity index (χ0v) is 13.6. The van der Waals surface area contributed by atoms with E-state index in [2.05, 4.69) is 11.9 Å². The predicted molar refractivity (Wildman–Crippen MR) is 85.7 cm³/mol. The highest BCUT2D eigenvalue weighted by molar-refractivity contribution is 7.89. The van der Waals surface area contributed by atoms with Crippen LogP contribution in [0.2, 0.25) is 0 Å². The molecule has 0 aliphatic heterocycles. The zero-order valence-electron chi connectivity index (χ0n) is 12.8. The molecule has 1 saturated carbocycles. The van der Waals surface area contributed by atoms with Gasteiger partial charge in [0.1, 0.15) is 0 Å². The molecule has 116 valence electrons. The summed E-state index contributed by atoms with van der Waals surface area (Å²) in [5, 5.41) is 3.44. The molecule has 2 rings (SSSR count). The van der Waals surface area contributed by atoms with E-state index < -0.39 is 10.0 Å². The second kappa shape index (κ2) is 6.73. The second-order valence-electron chi connectivity index (χ2n) is 5.44. The molecule has 1 fully saturated rings. The van der Waals surface area contributed by atoms with Crippen LogP contribution < -0.4 is 5.32 Å². The van der Waals surface area contributed by atoms with Gasteiger partial charge >= 0.3 is 0 Å². The molecule has 5 heteroatoms. The maximum Gasteiger partial charge on any atom is 0.243 e. The molecular weight excluding hydrogens is 284 g/mol. The molecule has 0 aromatic heterocycles. The Hall–Kier alpha value is -1.17. The Kier molecular flexibility index (Phi) is 5.19. The molecule has 1 aromatic carbocycles. The summed E-state index contributed by atoms with van der Waals surface area (Å²) < 4.78 is 26.9. The quantitative estimate of drug-likeness (QED) is 0.751. The van der Waals surface area contributed by atoms with Crippen molar-refractivity contribution >= 4 is 10.0 Å². The molecule has 0 bridgehead atoms. The molecule has 0 radical (unpaired) electrons. The van der Waals surface area contributed by atoms with Crippen LogP contribution in [-0.4, -0.2) is 31.9 Å². The van der Waals surface area contributed by atoms with Gasteiger partial charge in [0.15, 0.2) is 0 Å². The van der Waals surface area contributed by atoms with Crippen LogP contribution in [0.3, 0.4) is 0 Å².